The van der Waals surface area contributed by atoms with Gasteiger partial charge in [-0.3, -0.25) is 43.2 Å². The van der Waals surface area contributed by atoms with Crippen LogP contribution < -0.4 is 49.1 Å². The number of carbonyl (C=O) groups excluding carboxylic acids is 9. The molecule has 0 saturated carbocycles. The predicted octanol–water partition coefficient (Wildman–Crippen LogP) is 0.721. The number of hydrogen-bond donors (Lipinski definition) is 10. The fourth-order valence-electron chi connectivity index (χ4n) is 9.39. The first-order valence-electron chi connectivity index (χ1n) is 26.8. The number of benzene rings is 1. The highest BCUT2D eigenvalue weighted by molar-refractivity contribution is 5.98. The van der Waals surface area contributed by atoms with E-state index in [9.17, 15) is 53.1 Å². The third kappa shape index (κ3) is 19.8. The van der Waals surface area contributed by atoms with Crippen LogP contribution in [0.25, 0.3) is 0 Å². The second-order valence-electron chi connectivity index (χ2n) is 21.4. The average molecular weight is 1050 g/mol. The molecule has 13 N–H and O–H groups in total. The van der Waals surface area contributed by atoms with E-state index in [0.717, 1.165) is 0 Å². The lowest BCUT2D eigenvalue weighted by Crippen LogP contribution is -2.61. The van der Waals surface area contributed by atoms with Gasteiger partial charge in [0.05, 0.1) is 6.04 Å². The number of aliphatic carboxylic acids is 1. The molecule has 2 heterocycles. The minimum Gasteiger partial charge on any atom is -0.480 e. The molecule has 0 radical (unpaired) electrons. The van der Waals surface area contributed by atoms with Gasteiger partial charge in [-0.05, 0) is 100.0 Å². The Balaban J connectivity index is 1.86. The van der Waals surface area contributed by atoms with Gasteiger partial charge in [-0.25, -0.2) is 4.79 Å². The van der Waals surface area contributed by atoms with Gasteiger partial charge >= 0.3 is 5.97 Å². The monoisotopic (exact) mass is 1050 g/mol. The molecule has 22 heteroatoms. The summed E-state index contributed by atoms with van der Waals surface area (Å²) in [6.45, 7) is 15.5. The minimum absolute atomic E-state index is 0.0209. The molecule has 2 aliphatic rings. The Hall–Kier alpha value is -6.16. The first kappa shape index (κ1) is 63.1. The van der Waals surface area contributed by atoms with Crippen LogP contribution in [-0.2, 0) is 54.4 Å². The lowest BCUT2D eigenvalue weighted by molar-refractivity contribution is -0.143. The summed E-state index contributed by atoms with van der Waals surface area (Å²) in [6.07, 6.45) is 3.14. The normalized spacial score (nSPS) is 18.7. The predicted molar refractivity (Wildman–Crippen MR) is 281 cm³/mol. The Morgan fingerprint density at radius 3 is 1.63 bits per heavy atom. The summed E-state index contributed by atoms with van der Waals surface area (Å²) < 4.78 is 0. The van der Waals surface area contributed by atoms with Crippen LogP contribution in [0.1, 0.15) is 138 Å². The first-order chi connectivity index (χ1) is 35.4. The fraction of sp³-hybridized carbons (Fsp3) is 0.698. The van der Waals surface area contributed by atoms with Gasteiger partial charge in [0.2, 0.25) is 53.2 Å². The summed E-state index contributed by atoms with van der Waals surface area (Å²) >= 11 is 0. The Labute approximate surface area is 442 Å². The van der Waals surface area contributed by atoms with E-state index in [2.05, 4.69) is 31.9 Å². The van der Waals surface area contributed by atoms with Crippen LogP contribution in [0.2, 0.25) is 0 Å². The Morgan fingerprint density at radius 2 is 1.12 bits per heavy atom. The van der Waals surface area contributed by atoms with E-state index >= 15 is 0 Å². The van der Waals surface area contributed by atoms with Crippen molar-refractivity contribution in [1.82, 2.24) is 41.7 Å². The molecule has 0 unspecified atom stereocenters. The maximum absolute atomic E-state index is 14.8. The van der Waals surface area contributed by atoms with Gasteiger partial charge in [-0.1, -0.05) is 92.1 Å². The molecule has 10 atom stereocenters. The second-order valence-corrected chi connectivity index (χ2v) is 21.4. The number of nitrogens with one attached hydrogen (secondary N) is 6. The van der Waals surface area contributed by atoms with E-state index in [1.54, 1.807) is 58.0 Å². The molecule has 3 rings (SSSR count). The van der Waals surface area contributed by atoms with Crippen molar-refractivity contribution in [2.45, 2.75) is 193 Å². The summed E-state index contributed by atoms with van der Waals surface area (Å²) in [7, 11) is 0. The number of amides is 9. The number of carboxylic acids is 1. The highest BCUT2D eigenvalue weighted by atomic mass is 16.4. The van der Waals surface area contributed by atoms with Crippen LogP contribution >= 0.6 is 0 Å². The molecule has 1 aromatic rings. The van der Waals surface area contributed by atoms with Crippen molar-refractivity contribution < 1.29 is 53.1 Å². The topological polar surface area (TPSA) is 348 Å². The molecule has 1 aromatic carbocycles. The Morgan fingerprint density at radius 1 is 0.627 bits per heavy atom. The molecule has 2 saturated heterocycles. The number of nitrogens with two attached hydrogens (primary N) is 3. The summed E-state index contributed by atoms with van der Waals surface area (Å²) in [6, 6.07) is -1.04. The zero-order valence-corrected chi connectivity index (χ0v) is 45.4. The number of unbranched alkanes of at least 4 members (excludes halogenated alkanes) is 1. The van der Waals surface area contributed by atoms with Crippen LogP contribution in [0.4, 0.5) is 0 Å². The van der Waals surface area contributed by atoms with E-state index in [-0.39, 0.29) is 75.2 Å². The molecule has 22 nitrogen and oxygen atoms in total. The van der Waals surface area contributed by atoms with E-state index in [4.69, 9.17) is 17.2 Å². The van der Waals surface area contributed by atoms with E-state index in [0.29, 0.717) is 57.2 Å². The Bertz CT molecular complexity index is 2110. The van der Waals surface area contributed by atoms with Crippen molar-refractivity contribution >= 4 is 59.1 Å². The van der Waals surface area contributed by atoms with Gasteiger partial charge in [-0.2, -0.15) is 0 Å². The third-order valence-electron chi connectivity index (χ3n) is 13.9. The largest absolute Gasteiger partial charge is 0.480 e. The molecular formula is C53H87N11O11. The molecular weight excluding hydrogens is 967 g/mol. The quantitative estimate of drug-likeness (QED) is 0.0459. The molecule has 0 bridgehead atoms. The van der Waals surface area contributed by atoms with E-state index < -0.39 is 114 Å². The average Bonchev–Trinajstić information content (AvgIpc) is 4.06. The number of carbonyl (C=O) groups is 10. The highest BCUT2D eigenvalue weighted by Gasteiger charge is 2.42. The molecule has 2 aliphatic heterocycles. The SMILES string of the molecule is CC[C@H](C)[C@H](N)C(=O)N1CCC[C@H]1C(=O)N[C@@H](CC(C)C)C(=O)N[C@H](C(=O)N[C@@H](Cc1ccccc1)C(=O)N1CCC[C@H]1C(=O)N[C@@H](CCCCN)C(=O)N[C@@H](CC(C)C)C(=O)N[C@@H](CCC(N)=O)C(=O)O)C(C)C. The van der Waals surface area contributed by atoms with Crippen molar-refractivity contribution in [3.8, 4) is 0 Å². The maximum Gasteiger partial charge on any atom is 0.326 e. The molecule has 0 aliphatic carbocycles. The van der Waals surface area contributed by atoms with Gasteiger partial charge in [0, 0.05) is 25.9 Å². The molecule has 420 valence electrons. The van der Waals surface area contributed by atoms with Gasteiger partial charge in [0.15, 0.2) is 0 Å². The van der Waals surface area contributed by atoms with Crippen LogP contribution in [0.5, 0.6) is 0 Å². The lowest BCUT2D eigenvalue weighted by atomic mass is 9.98. The number of carboxylic acid groups (broad SMARTS) is 1. The maximum atomic E-state index is 14.8. The summed E-state index contributed by atoms with van der Waals surface area (Å²) in [5.74, 6) is -7.78. The lowest BCUT2D eigenvalue weighted by Gasteiger charge is -2.32. The molecule has 9 amide bonds. The zero-order chi connectivity index (χ0) is 56.1. The van der Waals surface area contributed by atoms with Crippen molar-refractivity contribution in [3.05, 3.63) is 35.9 Å². The van der Waals surface area contributed by atoms with Crippen LogP contribution in [0.15, 0.2) is 30.3 Å². The molecule has 0 aromatic heterocycles. The van der Waals surface area contributed by atoms with Gasteiger partial charge in [0.25, 0.3) is 0 Å². The number of nitrogens with zero attached hydrogens (tertiary/aromatic N) is 2. The van der Waals surface area contributed by atoms with E-state index in [1.807, 2.05) is 27.7 Å². The molecule has 0 spiro atoms. The van der Waals surface area contributed by atoms with Crippen molar-refractivity contribution in [2.75, 3.05) is 19.6 Å². The van der Waals surface area contributed by atoms with Crippen LogP contribution in [0, 0.1) is 23.7 Å². The summed E-state index contributed by atoms with van der Waals surface area (Å²) in [5.41, 5.74) is 18.0. The second kappa shape index (κ2) is 31.0. The van der Waals surface area contributed by atoms with Gasteiger partial charge in [-0.15, -0.1) is 0 Å². The number of primary amides is 1. The summed E-state index contributed by atoms with van der Waals surface area (Å²) in [5, 5.41) is 26.2. The standard InChI is InChI=1S/C53H87N11O11/c1-9-33(8)43(56)52(73)64-26-16-21-41(64)49(70)60-38(28-31(4)5)47(68)62-44(32(6)7)50(71)61-39(29-34-17-11-10-12-18-34)51(72)63-25-15-20-40(63)48(69)57-35(19-13-14-24-54)45(66)59-37(27-30(2)3)46(67)58-36(53(74)75)22-23-42(55)65/h10-12,17-18,30-33,35-41,43-44H,9,13-16,19-29,54,56H2,1-8H3,(H2,55,65)(H,57,69)(H,58,67)(H,59,66)(H,60,70)(H,61,71)(H,62,68)(H,74,75)/t33-,35-,36-,37-,38-,39-,40-,41-,43-,44-/m0/s1. The van der Waals surface area contributed by atoms with Crippen molar-refractivity contribution in [1.29, 1.82) is 0 Å². The first-order valence-corrected chi connectivity index (χ1v) is 26.8. The fourth-order valence-corrected chi connectivity index (χ4v) is 9.39. The van der Waals surface area contributed by atoms with Gasteiger partial charge < -0.3 is 64.0 Å². The van der Waals surface area contributed by atoms with Crippen LogP contribution in [-0.4, -0.2) is 148 Å². The zero-order valence-electron chi connectivity index (χ0n) is 45.4. The number of rotatable bonds is 31. The molecule has 2 fully saturated rings. The minimum atomic E-state index is -1.46. The molecule has 75 heavy (non-hydrogen) atoms. The van der Waals surface area contributed by atoms with Gasteiger partial charge in [0.1, 0.15) is 48.3 Å². The van der Waals surface area contributed by atoms with E-state index in [1.165, 1.54) is 9.80 Å². The number of hydrogen-bond acceptors (Lipinski definition) is 12. The van der Waals surface area contributed by atoms with Crippen molar-refractivity contribution in [2.24, 2.45) is 40.9 Å². The third-order valence-corrected chi connectivity index (χ3v) is 13.9. The highest BCUT2D eigenvalue weighted by Crippen LogP contribution is 2.23. The smallest absolute Gasteiger partial charge is 0.326 e. The summed E-state index contributed by atoms with van der Waals surface area (Å²) in [4.78, 5) is 139. The van der Waals surface area contributed by atoms with Crippen molar-refractivity contribution in [3.63, 3.8) is 0 Å². The Kier molecular flexibility index (Phi) is 26.1. The van der Waals surface area contributed by atoms with Crippen LogP contribution in [0.3, 0.4) is 0 Å². The number of likely N-dealkylation sites (tertiary alicyclic amines) is 2.